The van der Waals surface area contributed by atoms with Crippen LogP contribution in [0.15, 0.2) is 66.9 Å². The van der Waals surface area contributed by atoms with Crippen molar-refractivity contribution in [3.63, 3.8) is 0 Å². The molecule has 1 amide bonds. The number of pyridine rings is 1. The summed E-state index contributed by atoms with van der Waals surface area (Å²) in [4.78, 5) is 27.7. The molecule has 0 unspecified atom stereocenters. The van der Waals surface area contributed by atoms with Crippen LogP contribution in [0.3, 0.4) is 0 Å². The fourth-order valence-electron chi connectivity index (χ4n) is 3.84. The van der Waals surface area contributed by atoms with E-state index in [4.69, 9.17) is 9.84 Å². The molecule has 1 aliphatic rings. The molecule has 0 bridgehead atoms. The summed E-state index contributed by atoms with van der Waals surface area (Å²) in [5.41, 5.74) is 4.46. The van der Waals surface area contributed by atoms with Gasteiger partial charge in [-0.3, -0.25) is 4.98 Å². The number of aromatic nitrogens is 1. The van der Waals surface area contributed by atoms with Gasteiger partial charge in [-0.2, -0.15) is 0 Å². The number of ether oxygens (including phenoxy) is 1. The molecule has 0 radical (unpaired) electrons. The number of rotatable bonds is 5. The number of carbonyl (C=O) groups excluding carboxylic acids is 1. The quantitative estimate of drug-likeness (QED) is 0.653. The molecule has 6 nitrogen and oxygen atoms in total. The molecule has 0 aliphatic heterocycles. The second-order valence-corrected chi connectivity index (χ2v) is 7.81. The van der Waals surface area contributed by atoms with E-state index in [0.29, 0.717) is 5.69 Å². The average Bonchev–Trinajstić information content (AvgIpc) is 3.06. The smallest absolute Gasteiger partial charge is 0.407 e. The highest BCUT2D eigenvalue weighted by molar-refractivity contribution is 5.87. The maximum absolute atomic E-state index is 12.5. The van der Waals surface area contributed by atoms with Crippen LogP contribution in [0.2, 0.25) is 0 Å². The first kappa shape index (κ1) is 19.6. The second-order valence-electron chi connectivity index (χ2n) is 7.81. The summed E-state index contributed by atoms with van der Waals surface area (Å²) < 4.78 is 5.59. The van der Waals surface area contributed by atoms with Gasteiger partial charge in [0, 0.05) is 12.1 Å². The van der Waals surface area contributed by atoms with Crippen molar-refractivity contribution in [2.45, 2.75) is 25.3 Å². The van der Waals surface area contributed by atoms with E-state index in [2.05, 4.69) is 34.6 Å². The Morgan fingerprint density at radius 3 is 2.13 bits per heavy atom. The monoisotopic (exact) mass is 402 g/mol. The number of carboxylic acid groups (broad SMARTS) is 1. The summed E-state index contributed by atoms with van der Waals surface area (Å²) in [6.07, 6.45) is 0.727. The van der Waals surface area contributed by atoms with Crippen molar-refractivity contribution in [2.75, 3.05) is 6.61 Å². The second kappa shape index (κ2) is 7.63. The third-order valence-corrected chi connectivity index (χ3v) is 5.41. The Kier molecular flexibility index (Phi) is 4.99. The van der Waals surface area contributed by atoms with Crippen LogP contribution in [0.4, 0.5) is 4.79 Å². The summed E-state index contributed by atoms with van der Waals surface area (Å²) in [5, 5.41) is 11.8. The lowest BCUT2D eigenvalue weighted by Crippen LogP contribution is -2.42. The van der Waals surface area contributed by atoms with Crippen molar-refractivity contribution in [3.05, 3.63) is 89.2 Å². The largest absolute Gasteiger partial charge is 0.478 e. The number of carboxylic acids is 1. The Morgan fingerprint density at radius 2 is 1.60 bits per heavy atom. The number of nitrogens with one attached hydrogen (secondary N) is 1. The molecule has 4 rings (SSSR count). The number of alkyl carbamates (subject to hydrolysis) is 1. The van der Waals surface area contributed by atoms with Crippen LogP contribution in [0.25, 0.3) is 11.1 Å². The highest BCUT2D eigenvalue weighted by atomic mass is 16.5. The average molecular weight is 402 g/mol. The third-order valence-electron chi connectivity index (χ3n) is 5.41. The van der Waals surface area contributed by atoms with Crippen LogP contribution in [0.1, 0.15) is 46.9 Å². The predicted octanol–water partition coefficient (Wildman–Crippen LogP) is 4.55. The third kappa shape index (κ3) is 3.64. The van der Waals surface area contributed by atoms with Gasteiger partial charge in [0.1, 0.15) is 6.61 Å². The minimum absolute atomic E-state index is 0.0146. The standard InChI is InChI=1S/C24H22N2O4/c1-24(2,21-12-11-15(13-25-21)22(27)28)26-23(29)30-14-20-18-9-5-3-7-16(18)17-8-4-6-10-19(17)20/h3-13,20H,14H2,1-2H3,(H,26,29)(H,27,28). The van der Waals surface area contributed by atoms with Crippen LogP contribution in [0.5, 0.6) is 0 Å². The Hall–Kier alpha value is -3.67. The van der Waals surface area contributed by atoms with Crippen molar-refractivity contribution in [2.24, 2.45) is 0 Å². The molecule has 2 aromatic carbocycles. The Morgan fingerprint density at radius 1 is 1.00 bits per heavy atom. The normalized spacial score (nSPS) is 12.7. The molecule has 0 saturated heterocycles. The number of nitrogens with zero attached hydrogens (tertiary/aromatic N) is 1. The molecule has 0 spiro atoms. The van der Waals surface area contributed by atoms with Gasteiger partial charge in [0.2, 0.25) is 0 Å². The topological polar surface area (TPSA) is 88.5 Å². The molecule has 1 aromatic heterocycles. The van der Waals surface area contributed by atoms with Crippen LogP contribution in [0, 0.1) is 0 Å². The molecule has 0 saturated carbocycles. The number of hydrogen-bond acceptors (Lipinski definition) is 4. The number of fused-ring (bicyclic) bond motifs is 3. The van der Waals surface area contributed by atoms with E-state index in [1.54, 1.807) is 19.9 Å². The highest BCUT2D eigenvalue weighted by Gasteiger charge is 2.30. The van der Waals surface area contributed by atoms with E-state index in [1.807, 2.05) is 24.3 Å². The molecule has 1 heterocycles. The van der Waals surface area contributed by atoms with E-state index in [-0.39, 0.29) is 18.1 Å². The first-order chi connectivity index (χ1) is 14.4. The van der Waals surface area contributed by atoms with E-state index < -0.39 is 17.6 Å². The fraction of sp³-hybridized carbons (Fsp3) is 0.208. The van der Waals surface area contributed by atoms with Gasteiger partial charge in [0.25, 0.3) is 0 Å². The van der Waals surface area contributed by atoms with Crippen molar-refractivity contribution in [1.29, 1.82) is 0 Å². The van der Waals surface area contributed by atoms with Crippen molar-refractivity contribution in [3.8, 4) is 11.1 Å². The molecule has 2 N–H and O–H groups in total. The van der Waals surface area contributed by atoms with Crippen molar-refractivity contribution < 1.29 is 19.4 Å². The number of carbonyl (C=O) groups is 2. The number of hydrogen-bond donors (Lipinski definition) is 2. The van der Waals surface area contributed by atoms with Crippen LogP contribution < -0.4 is 5.32 Å². The minimum atomic E-state index is -1.05. The molecular weight excluding hydrogens is 380 g/mol. The molecule has 1 aliphatic carbocycles. The van der Waals surface area contributed by atoms with Gasteiger partial charge in [0.15, 0.2) is 0 Å². The Balaban J connectivity index is 1.45. The summed E-state index contributed by atoms with van der Waals surface area (Å²) >= 11 is 0. The van der Waals surface area contributed by atoms with E-state index in [1.165, 1.54) is 23.4 Å². The first-order valence-electron chi connectivity index (χ1n) is 9.70. The van der Waals surface area contributed by atoms with Crippen LogP contribution in [-0.2, 0) is 10.3 Å². The maximum Gasteiger partial charge on any atom is 0.407 e. The van der Waals surface area contributed by atoms with Gasteiger partial charge in [0.05, 0.1) is 16.8 Å². The molecule has 6 heteroatoms. The SMILES string of the molecule is CC(C)(NC(=O)OCC1c2ccccc2-c2ccccc21)c1ccc(C(=O)O)cn1. The number of benzene rings is 2. The summed E-state index contributed by atoms with van der Waals surface area (Å²) in [5.74, 6) is -1.06. The molecule has 0 fully saturated rings. The lowest BCUT2D eigenvalue weighted by Gasteiger charge is -2.26. The molecule has 30 heavy (non-hydrogen) atoms. The van der Waals surface area contributed by atoms with Gasteiger partial charge in [-0.05, 0) is 48.2 Å². The summed E-state index contributed by atoms with van der Waals surface area (Å²) in [6.45, 7) is 3.80. The zero-order chi connectivity index (χ0) is 21.3. The van der Waals surface area contributed by atoms with Gasteiger partial charge in [-0.25, -0.2) is 9.59 Å². The maximum atomic E-state index is 12.5. The zero-order valence-corrected chi connectivity index (χ0v) is 16.8. The first-order valence-corrected chi connectivity index (χ1v) is 9.70. The lowest BCUT2D eigenvalue weighted by molar-refractivity contribution is 0.0696. The fourth-order valence-corrected chi connectivity index (χ4v) is 3.84. The molecule has 3 aromatic rings. The van der Waals surface area contributed by atoms with Gasteiger partial charge >= 0.3 is 12.1 Å². The summed E-state index contributed by atoms with van der Waals surface area (Å²) in [7, 11) is 0. The number of aromatic carboxylic acids is 1. The van der Waals surface area contributed by atoms with Crippen molar-refractivity contribution >= 4 is 12.1 Å². The minimum Gasteiger partial charge on any atom is -0.478 e. The van der Waals surface area contributed by atoms with Gasteiger partial charge in [-0.1, -0.05) is 48.5 Å². The molecule has 152 valence electrons. The highest BCUT2D eigenvalue weighted by Crippen LogP contribution is 2.44. The van der Waals surface area contributed by atoms with E-state index >= 15 is 0 Å². The van der Waals surface area contributed by atoms with E-state index in [9.17, 15) is 9.59 Å². The van der Waals surface area contributed by atoms with Crippen LogP contribution >= 0.6 is 0 Å². The van der Waals surface area contributed by atoms with Crippen molar-refractivity contribution in [1.82, 2.24) is 10.3 Å². The zero-order valence-electron chi connectivity index (χ0n) is 16.8. The summed E-state index contributed by atoms with van der Waals surface area (Å²) in [6, 6.07) is 19.4. The van der Waals surface area contributed by atoms with Gasteiger partial charge < -0.3 is 15.2 Å². The van der Waals surface area contributed by atoms with Crippen LogP contribution in [-0.4, -0.2) is 28.8 Å². The Labute approximate surface area is 174 Å². The Bertz CT molecular complexity index is 1060. The predicted molar refractivity (Wildman–Crippen MR) is 112 cm³/mol. The molecular formula is C24H22N2O4. The van der Waals surface area contributed by atoms with Gasteiger partial charge in [-0.15, -0.1) is 0 Å². The lowest BCUT2D eigenvalue weighted by atomic mass is 9.98. The molecule has 0 atom stereocenters. The van der Waals surface area contributed by atoms with E-state index in [0.717, 1.165) is 11.1 Å². The number of amides is 1.